The molecule has 0 saturated carbocycles. The summed E-state index contributed by atoms with van der Waals surface area (Å²) in [6.07, 6.45) is 0. The molecule has 4 aliphatic rings. The van der Waals surface area contributed by atoms with Gasteiger partial charge < -0.3 is 18.6 Å². The summed E-state index contributed by atoms with van der Waals surface area (Å²) in [7, 11) is 0. The minimum Gasteiger partial charge on any atom is -0.456 e. The van der Waals surface area contributed by atoms with Gasteiger partial charge in [0.15, 0.2) is 0 Å². The Bertz CT molecular complexity index is 4540. The molecule has 0 bridgehead atoms. The van der Waals surface area contributed by atoms with Crippen LogP contribution in [0.3, 0.4) is 0 Å². The number of aromatic nitrogens is 6. The Morgan fingerprint density at radius 3 is 1.03 bits per heavy atom. The van der Waals surface area contributed by atoms with Crippen LogP contribution in [0, 0.1) is 41.5 Å². The van der Waals surface area contributed by atoms with Crippen LogP contribution in [0.1, 0.15) is 33.4 Å². The Kier molecular flexibility index (Phi) is 8.71. The van der Waals surface area contributed by atoms with E-state index < -0.39 is 0 Å². The summed E-state index contributed by atoms with van der Waals surface area (Å²) in [5, 5.41) is 0. The van der Waals surface area contributed by atoms with Crippen LogP contribution in [0.5, 0.6) is 23.0 Å². The van der Waals surface area contributed by atoms with Crippen molar-refractivity contribution in [1.29, 1.82) is 0 Å². The SMILES string of the molecule is Cc1ccc(-c2ccc3c(n2)c2nc(-c4ccc(C)cc4)cc4c2n3-c2c3c5c(c6c2B4c2cc(C)ccc2O6)-n2c4ccc(-c6ccc(C)cc6)nc4c4nc(-c6ccc(C)cc6)cc(c42)B5c2cc(C)ccc2O3)cc1. The minimum atomic E-state index is -0.281. The van der Waals surface area contributed by atoms with Crippen LogP contribution in [-0.4, -0.2) is 42.5 Å². The van der Waals surface area contributed by atoms with Crippen LogP contribution in [0.15, 0.2) is 170 Å². The highest BCUT2D eigenvalue weighted by molar-refractivity contribution is 7.02. The summed E-state index contributed by atoms with van der Waals surface area (Å²) in [6.45, 7) is 12.3. The highest BCUT2D eigenvalue weighted by Crippen LogP contribution is 2.48. The molecular weight excluding hydrogens is 954 g/mol. The number of benzene rings is 7. The summed E-state index contributed by atoms with van der Waals surface area (Å²) >= 11 is 0. The first-order valence-corrected chi connectivity index (χ1v) is 26.9. The molecule has 7 aromatic carbocycles. The first-order valence-electron chi connectivity index (χ1n) is 26.9. The van der Waals surface area contributed by atoms with Gasteiger partial charge in [-0.3, -0.25) is 0 Å². The Balaban J connectivity index is 1.06. The maximum absolute atomic E-state index is 7.69. The predicted molar refractivity (Wildman–Crippen MR) is 319 cm³/mol. The van der Waals surface area contributed by atoms with Gasteiger partial charge in [0.1, 0.15) is 45.1 Å². The minimum absolute atomic E-state index is 0.281. The zero-order valence-corrected chi connectivity index (χ0v) is 43.8. The molecule has 0 unspecified atom stereocenters. The van der Waals surface area contributed by atoms with Crippen LogP contribution in [0.2, 0.25) is 0 Å². The molecule has 0 saturated heterocycles. The zero-order valence-electron chi connectivity index (χ0n) is 43.8. The number of aryl methyl sites for hydroxylation is 6. The van der Waals surface area contributed by atoms with Crippen molar-refractivity contribution in [3.63, 3.8) is 0 Å². The van der Waals surface area contributed by atoms with Crippen molar-refractivity contribution in [3.05, 3.63) is 203 Å². The van der Waals surface area contributed by atoms with Gasteiger partial charge >= 0.3 is 0 Å². The third kappa shape index (κ3) is 5.97. The third-order valence-electron chi connectivity index (χ3n) is 17.0. The molecule has 10 heteroatoms. The third-order valence-corrected chi connectivity index (χ3v) is 17.0. The second-order valence-electron chi connectivity index (χ2n) is 22.2. The Morgan fingerprint density at radius 2 is 0.654 bits per heavy atom. The molecule has 17 rings (SSSR count). The van der Waals surface area contributed by atoms with Crippen molar-refractivity contribution < 1.29 is 9.47 Å². The maximum atomic E-state index is 7.69. The lowest BCUT2D eigenvalue weighted by atomic mass is 9.31. The summed E-state index contributed by atoms with van der Waals surface area (Å²) < 4.78 is 20.2. The second-order valence-corrected chi connectivity index (χ2v) is 22.2. The number of rotatable bonds is 4. The van der Waals surface area contributed by atoms with Crippen LogP contribution in [0.25, 0.3) is 101 Å². The smallest absolute Gasteiger partial charge is 0.256 e. The van der Waals surface area contributed by atoms with Gasteiger partial charge in [0.05, 0.1) is 56.2 Å². The number of hydrogen-bond donors (Lipinski definition) is 0. The van der Waals surface area contributed by atoms with Crippen molar-refractivity contribution in [3.8, 4) is 79.4 Å². The van der Waals surface area contributed by atoms with Crippen molar-refractivity contribution in [2.45, 2.75) is 41.5 Å². The molecular formula is C68H46B2N6O2. The Morgan fingerprint density at radius 1 is 0.321 bits per heavy atom. The van der Waals surface area contributed by atoms with E-state index in [0.29, 0.717) is 0 Å². The first-order chi connectivity index (χ1) is 38.1. The molecule has 10 heterocycles. The van der Waals surface area contributed by atoms with Crippen LogP contribution in [-0.2, 0) is 0 Å². The molecule has 78 heavy (non-hydrogen) atoms. The summed E-state index contributed by atoms with van der Waals surface area (Å²) in [5.74, 6) is 3.23. The van der Waals surface area contributed by atoms with E-state index >= 15 is 0 Å². The lowest BCUT2D eigenvalue weighted by Gasteiger charge is -2.41. The predicted octanol–water partition coefficient (Wildman–Crippen LogP) is 11.8. The van der Waals surface area contributed by atoms with E-state index in [1.165, 1.54) is 22.3 Å². The zero-order chi connectivity index (χ0) is 52.0. The largest absolute Gasteiger partial charge is 0.456 e. The van der Waals surface area contributed by atoms with Gasteiger partial charge in [0, 0.05) is 33.2 Å². The fourth-order valence-corrected chi connectivity index (χ4v) is 13.2. The van der Waals surface area contributed by atoms with Crippen LogP contribution < -0.4 is 42.3 Å². The number of pyridine rings is 4. The topological polar surface area (TPSA) is 79.9 Å². The van der Waals surface area contributed by atoms with Gasteiger partial charge in [-0.25, -0.2) is 19.9 Å². The lowest BCUT2D eigenvalue weighted by Crippen LogP contribution is -2.63. The van der Waals surface area contributed by atoms with E-state index in [1.807, 2.05) is 0 Å². The van der Waals surface area contributed by atoms with E-state index in [9.17, 15) is 0 Å². The molecule has 0 radical (unpaired) electrons. The van der Waals surface area contributed by atoms with Crippen LogP contribution >= 0.6 is 0 Å². The fourth-order valence-electron chi connectivity index (χ4n) is 13.2. The maximum Gasteiger partial charge on any atom is 0.256 e. The van der Waals surface area contributed by atoms with Crippen molar-refractivity contribution >= 4 is 90.3 Å². The lowest BCUT2D eigenvalue weighted by molar-refractivity contribution is 0.472. The second kappa shape index (κ2) is 15.5. The standard InChI is InChI=1S/C68H46B2N6O2/c1-35-7-17-41(18-8-35)49-25-27-53-59(71-49)61-63-47(33-51(73-61)43-21-11-37(3)12-22-43)69-45-31-39(5)15-29-55(45)78-68-57(69)65(75(53)63)67-58-66(68)76-54-28-26-50(42-19-9-36(2)10-20-42)72-60(54)62-64(76)48(34-52(74-62)44-23-13-38(4)14-24-44)70(58)46-32-40(6)16-30-56(46)77-67/h7-34H,1-6H3. The molecule has 0 N–H and O–H groups in total. The van der Waals surface area contributed by atoms with Crippen LogP contribution in [0.4, 0.5) is 0 Å². The number of nitrogens with zero attached hydrogens (tertiary/aromatic N) is 6. The average molecular weight is 1000 g/mol. The average Bonchev–Trinajstić information content (AvgIpc) is 3.40. The molecule has 13 aromatic rings. The van der Waals surface area contributed by atoms with Gasteiger partial charge in [-0.05, 0) is 112 Å². The first kappa shape index (κ1) is 43.7. The van der Waals surface area contributed by atoms with Crippen molar-refractivity contribution in [1.82, 2.24) is 29.1 Å². The van der Waals surface area contributed by atoms with E-state index in [1.54, 1.807) is 0 Å². The Hall–Kier alpha value is -9.53. The van der Waals surface area contributed by atoms with Gasteiger partial charge in [-0.2, -0.15) is 0 Å². The van der Waals surface area contributed by atoms with Gasteiger partial charge in [0.25, 0.3) is 13.4 Å². The monoisotopic (exact) mass is 1000 g/mol. The fraction of sp³-hybridized carbons (Fsp3) is 0.0882. The van der Waals surface area contributed by atoms with E-state index in [-0.39, 0.29) is 13.4 Å². The molecule has 0 aliphatic carbocycles. The quantitative estimate of drug-likeness (QED) is 0.163. The van der Waals surface area contributed by atoms with E-state index in [2.05, 4.69) is 221 Å². The van der Waals surface area contributed by atoms with Crippen molar-refractivity contribution in [2.75, 3.05) is 0 Å². The highest BCUT2D eigenvalue weighted by atomic mass is 16.5. The van der Waals surface area contributed by atoms with Gasteiger partial charge in [-0.15, -0.1) is 0 Å². The van der Waals surface area contributed by atoms with E-state index in [4.69, 9.17) is 29.4 Å². The molecule has 0 spiro atoms. The van der Waals surface area contributed by atoms with E-state index in [0.717, 1.165) is 167 Å². The Labute approximate surface area is 450 Å². The molecule has 6 aromatic heterocycles. The molecule has 366 valence electrons. The molecule has 0 amide bonds. The van der Waals surface area contributed by atoms with Gasteiger partial charge in [0.2, 0.25) is 0 Å². The summed E-state index contributed by atoms with van der Waals surface area (Å²) in [4.78, 5) is 22.6. The molecule has 4 aliphatic heterocycles. The van der Waals surface area contributed by atoms with Gasteiger partial charge in [-0.1, -0.05) is 155 Å². The molecule has 0 atom stereocenters. The summed E-state index contributed by atoms with van der Waals surface area (Å²) in [5.41, 5.74) is 30.6. The highest BCUT2D eigenvalue weighted by Gasteiger charge is 2.51. The number of hydrogen-bond acceptors (Lipinski definition) is 6. The number of fused-ring (bicyclic) bond motifs is 16. The molecule has 8 nitrogen and oxygen atoms in total. The molecule has 0 fully saturated rings. The number of ether oxygens (including phenoxy) is 2. The summed E-state index contributed by atoms with van der Waals surface area (Å²) in [6, 6.07) is 61.5. The normalized spacial score (nSPS) is 13.2. The van der Waals surface area contributed by atoms with Crippen molar-refractivity contribution in [2.24, 2.45) is 0 Å².